The van der Waals surface area contributed by atoms with Gasteiger partial charge in [0.05, 0.1) is 13.2 Å². The van der Waals surface area contributed by atoms with E-state index in [1.807, 2.05) is 0 Å². The second-order valence-electron chi connectivity index (χ2n) is 4.73. The Morgan fingerprint density at radius 1 is 1.48 bits per heavy atom. The van der Waals surface area contributed by atoms with Crippen molar-refractivity contribution in [1.29, 1.82) is 0 Å². The second-order valence-corrected chi connectivity index (χ2v) is 4.73. The fourth-order valence-electron chi connectivity index (χ4n) is 1.98. The van der Waals surface area contributed by atoms with Gasteiger partial charge in [-0.2, -0.15) is 0 Å². The van der Waals surface area contributed by atoms with E-state index in [2.05, 4.69) is 15.5 Å². The van der Waals surface area contributed by atoms with E-state index in [9.17, 15) is 9.90 Å². The Hall–Kier alpha value is -2.64. The average Bonchev–Trinajstić information content (AvgIpc) is 3.23. The molecule has 8 heteroatoms. The highest BCUT2D eigenvalue weighted by atomic mass is 16.5. The molecule has 0 unspecified atom stereocenters. The lowest BCUT2D eigenvalue weighted by molar-refractivity contribution is 0.0691. The maximum absolute atomic E-state index is 11.3. The van der Waals surface area contributed by atoms with Gasteiger partial charge in [0, 0.05) is 0 Å². The standard InChI is InChI=1S/C13H14N4O4/c1-20-9-4-5-11(10(6-9)13(18)19)21-7-12-14-15-16-17(12)8-2-3-8/h4-6,8H,2-3,7H2,1H3,(H,18,19). The molecule has 0 amide bonds. The van der Waals surface area contributed by atoms with Crippen LogP contribution in [0.25, 0.3) is 0 Å². The van der Waals surface area contributed by atoms with Crippen LogP contribution in [0.3, 0.4) is 0 Å². The van der Waals surface area contributed by atoms with Gasteiger partial charge in [-0.25, -0.2) is 9.48 Å². The van der Waals surface area contributed by atoms with Gasteiger partial charge in [-0.3, -0.25) is 0 Å². The van der Waals surface area contributed by atoms with Gasteiger partial charge >= 0.3 is 5.97 Å². The Morgan fingerprint density at radius 3 is 2.95 bits per heavy atom. The number of aromatic carboxylic acids is 1. The van der Waals surface area contributed by atoms with Gasteiger partial charge < -0.3 is 14.6 Å². The molecule has 0 bridgehead atoms. The van der Waals surface area contributed by atoms with Gasteiger partial charge in [0.1, 0.15) is 23.7 Å². The predicted molar refractivity (Wildman–Crippen MR) is 70.4 cm³/mol. The summed E-state index contributed by atoms with van der Waals surface area (Å²) in [7, 11) is 1.48. The van der Waals surface area contributed by atoms with E-state index in [-0.39, 0.29) is 17.9 Å². The first kappa shape index (κ1) is 13.3. The Balaban J connectivity index is 1.78. The molecule has 1 fully saturated rings. The minimum absolute atomic E-state index is 0.0415. The van der Waals surface area contributed by atoms with Crippen molar-refractivity contribution >= 4 is 5.97 Å². The molecule has 1 N–H and O–H groups in total. The Kier molecular flexibility index (Phi) is 3.43. The highest BCUT2D eigenvalue weighted by Crippen LogP contribution is 2.34. The largest absolute Gasteiger partial charge is 0.497 e. The van der Waals surface area contributed by atoms with Crippen LogP contribution in [0.5, 0.6) is 11.5 Å². The molecule has 21 heavy (non-hydrogen) atoms. The number of hydrogen-bond acceptors (Lipinski definition) is 6. The number of rotatable bonds is 6. The molecule has 8 nitrogen and oxygen atoms in total. The van der Waals surface area contributed by atoms with Crippen molar-refractivity contribution in [2.45, 2.75) is 25.5 Å². The van der Waals surface area contributed by atoms with E-state index in [1.165, 1.54) is 13.2 Å². The molecule has 1 aliphatic carbocycles. The van der Waals surface area contributed by atoms with E-state index in [0.717, 1.165) is 12.8 Å². The fraction of sp³-hybridized carbons (Fsp3) is 0.385. The zero-order valence-corrected chi connectivity index (χ0v) is 11.4. The SMILES string of the molecule is COc1ccc(OCc2nnnn2C2CC2)c(C(=O)O)c1. The number of aromatic nitrogens is 4. The third-order valence-corrected chi connectivity index (χ3v) is 3.23. The summed E-state index contributed by atoms with van der Waals surface area (Å²) in [6.07, 6.45) is 2.11. The van der Waals surface area contributed by atoms with Gasteiger partial charge in [-0.1, -0.05) is 0 Å². The highest BCUT2D eigenvalue weighted by Gasteiger charge is 2.28. The van der Waals surface area contributed by atoms with Gasteiger partial charge in [0.2, 0.25) is 0 Å². The molecule has 1 aromatic heterocycles. The minimum Gasteiger partial charge on any atom is -0.497 e. The molecule has 0 atom stereocenters. The number of methoxy groups -OCH3 is 1. The number of tetrazole rings is 1. The zero-order chi connectivity index (χ0) is 14.8. The molecule has 1 saturated carbocycles. The van der Waals surface area contributed by atoms with E-state index in [4.69, 9.17) is 9.47 Å². The summed E-state index contributed by atoms with van der Waals surface area (Å²) in [5.41, 5.74) is 0.0415. The molecule has 1 aromatic carbocycles. The summed E-state index contributed by atoms with van der Waals surface area (Å²) in [5, 5.41) is 20.7. The molecule has 110 valence electrons. The Morgan fingerprint density at radius 2 is 2.29 bits per heavy atom. The summed E-state index contributed by atoms with van der Waals surface area (Å²) in [6.45, 7) is 0.121. The van der Waals surface area contributed by atoms with Crippen molar-refractivity contribution in [1.82, 2.24) is 20.2 Å². The number of carbonyl (C=O) groups is 1. The van der Waals surface area contributed by atoms with Gasteiger partial charge in [-0.05, 0) is 41.5 Å². The smallest absolute Gasteiger partial charge is 0.339 e. The maximum Gasteiger partial charge on any atom is 0.339 e. The van der Waals surface area contributed by atoms with Crippen molar-refractivity contribution in [3.8, 4) is 11.5 Å². The number of ether oxygens (including phenoxy) is 2. The molecule has 1 aliphatic rings. The molecule has 0 saturated heterocycles. The van der Waals surface area contributed by atoms with Crippen LogP contribution in [-0.2, 0) is 6.61 Å². The molecular formula is C13H14N4O4. The summed E-state index contributed by atoms with van der Waals surface area (Å²) in [4.78, 5) is 11.3. The van der Waals surface area contributed by atoms with E-state index < -0.39 is 5.97 Å². The van der Waals surface area contributed by atoms with Crippen LogP contribution < -0.4 is 9.47 Å². The van der Waals surface area contributed by atoms with E-state index in [1.54, 1.807) is 16.8 Å². The monoisotopic (exact) mass is 290 g/mol. The molecule has 0 aliphatic heterocycles. The quantitative estimate of drug-likeness (QED) is 0.855. The summed E-state index contributed by atoms with van der Waals surface area (Å²) < 4.78 is 12.3. The Bertz CT molecular complexity index is 666. The first-order valence-electron chi connectivity index (χ1n) is 6.50. The summed E-state index contributed by atoms with van der Waals surface area (Å²) in [5.74, 6) is 0.228. The van der Waals surface area contributed by atoms with Gasteiger partial charge in [0.25, 0.3) is 0 Å². The third kappa shape index (κ3) is 2.78. The summed E-state index contributed by atoms with van der Waals surface area (Å²) in [6, 6.07) is 4.97. The van der Waals surface area contributed by atoms with Gasteiger partial charge in [-0.15, -0.1) is 5.10 Å². The molecule has 2 aromatic rings. The maximum atomic E-state index is 11.3. The van der Waals surface area contributed by atoms with Crippen molar-refractivity contribution < 1.29 is 19.4 Å². The van der Waals surface area contributed by atoms with Crippen LogP contribution in [0.15, 0.2) is 18.2 Å². The minimum atomic E-state index is -1.08. The topological polar surface area (TPSA) is 99.4 Å². The lowest BCUT2D eigenvalue weighted by Gasteiger charge is -2.10. The molecule has 1 heterocycles. The van der Waals surface area contributed by atoms with Crippen molar-refractivity contribution in [3.05, 3.63) is 29.6 Å². The third-order valence-electron chi connectivity index (χ3n) is 3.23. The van der Waals surface area contributed by atoms with Crippen molar-refractivity contribution in [3.63, 3.8) is 0 Å². The first-order chi connectivity index (χ1) is 10.2. The first-order valence-corrected chi connectivity index (χ1v) is 6.50. The molecule has 0 spiro atoms. The predicted octanol–water partition coefficient (Wildman–Crippen LogP) is 1.29. The molecule has 3 rings (SSSR count). The van der Waals surface area contributed by atoms with E-state index in [0.29, 0.717) is 17.6 Å². The van der Waals surface area contributed by atoms with Gasteiger partial charge in [0.15, 0.2) is 5.82 Å². The van der Waals surface area contributed by atoms with Crippen LogP contribution in [0.4, 0.5) is 0 Å². The highest BCUT2D eigenvalue weighted by molar-refractivity contribution is 5.91. The van der Waals surface area contributed by atoms with Crippen molar-refractivity contribution in [2.75, 3.05) is 7.11 Å². The normalized spacial score (nSPS) is 14.0. The zero-order valence-electron chi connectivity index (χ0n) is 11.4. The van der Waals surface area contributed by atoms with Crippen LogP contribution >= 0.6 is 0 Å². The number of hydrogen-bond donors (Lipinski definition) is 1. The fourth-order valence-corrected chi connectivity index (χ4v) is 1.98. The molecule has 0 radical (unpaired) electrons. The number of carboxylic acid groups (broad SMARTS) is 1. The number of benzene rings is 1. The van der Waals surface area contributed by atoms with Crippen LogP contribution in [0.2, 0.25) is 0 Å². The number of nitrogens with zero attached hydrogens (tertiary/aromatic N) is 4. The lowest BCUT2D eigenvalue weighted by Crippen LogP contribution is -2.09. The van der Waals surface area contributed by atoms with Crippen LogP contribution in [0.1, 0.15) is 35.1 Å². The lowest BCUT2D eigenvalue weighted by atomic mass is 10.2. The van der Waals surface area contributed by atoms with Crippen LogP contribution in [0, 0.1) is 0 Å². The Labute approximate surface area is 120 Å². The van der Waals surface area contributed by atoms with Crippen LogP contribution in [-0.4, -0.2) is 38.4 Å². The second kappa shape index (κ2) is 5.39. The summed E-state index contributed by atoms with van der Waals surface area (Å²) >= 11 is 0. The average molecular weight is 290 g/mol. The molecular weight excluding hydrogens is 276 g/mol. The van der Waals surface area contributed by atoms with Crippen molar-refractivity contribution in [2.24, 2.45) is 0 Å². The number of carboxylic acids is 1. The van der Waals surface area contributed by atoms with E-state index >= 15 is 0 Å².